The van der Waals surface area contributed by atoms with Crippen molar-refractivity contribution in [2.45, 2.75) is 32.5 Å². The summed E-state index contributed by atoms with van der Waals surface area (Å²) in [6.45, 7) is 3.78. The predicted octanol–water partition coefficient (Wildman–Crippen LogP) is 3.98. The van der Waals surface area contributed by atoms with Crippen molar-refractivity contribution in [1.29, 1.82) is 0 Å². The summed E-state index contributed by atoms with van der Waals surface area (Å²) in [4.78, 5) is 42.7. The van der Waals surface area contributed by atoms with Crippen molar-refractivity contribution in [3.63, 3.8) is 0 Å². The monoisotopic (exact) mass is 580 g/mol. The molecule has 5 rings (SSSR count). The van der Waals surface area contributed by atoms with E-state index in [-0.39, 0.29) is 17.8 Å². The first-order chi connectivity index (χ1) is 19.1. The first-order valence-corrected chi connectivity index (χ1v) is 13.1. The number of benzene rings is 1. The molecule has 0 saturated heterocycles. The number of carbonyl (C=O) groups excluding carboxylic acids is 2. The summed E-state index contributed by atoms with van der Waals surface area (Å²) >= 11 is 12.7. The van der Waals surface area contributed by atoms with E-state index in [9.17, 15) is 9.59 Å². The highest BCUT2D eigenvalue weighted by Crippen LogP contribution is 2.32. The Hall–Kier alpha value is -4.29. The molecule has 0 saturated carbocycles. The molecule has 3 N–H and O–H groups in total. The molecule has 0 radical (unpaired) electrons. The van der Waals surface area contributed by atoms with Gasteiger partial charge in [-0.05, 0) is 37.6 Å². The number of pyridine rings is 1. The number of hydrogen-bond donors (Lipinski definition) is 3. The van der Waals surface area contributed by atoms with E-state index in [4.69, 9.17) is 23.2 Å². The van der Waals surface area contributed by atoms with Gasteiger partial charge in [-0.15, -0.1) is 5.10 Å². The molecule has 0 aliphatic carbocycles. The average molecular weight is 581 g/mol. The van der Waals surface area contributed by atoms with Crippen molar-refractivity contribution in [3.8, 4) is 11.3 Å². The molecule has 2 unspecified atom stereocenters. The summed E-state index contributed by atoms with van der Waals surface area (Å²) in [5, 5.41) is 17.8. The SMILES string of the molecule is CNc1ccc(Cl)c(C(C)NC(=O)C(C)N2Cc3ccc(-c4nc(Nc5cnn(C)n5)ncc4Cl)cc3C2=O)n1. The molecular weight excluding hydrogens is 555 g/mol. The van der Waals surface area contributed by atoms with E-state index >= 15 is 0 Å². The standard InChI is InChI=1S/C26H26Cl2N10O2/c1-13(22-18(27)7-8-20(29-3)33-22)32-24(39)14(2)38-12-16-6-5-15(9-17(16)25(38)40)23-19(28)10-30-26(35-23)34-21-11-31-37(4)36-21/h5-11,13-14H,12H2,1-4H3,(H,29,33)(H,32,39)(H,30,34,35,36). The molecule has 14 heteroatoms. The Labute approximate surface area is 240 Å². The number of nitrogens with one attached hydrogen (secondary N) is 3. The molecule has 0 fully saturated rings. The lowest BCUT2D eigenvalue weighted by Crippen LogP contribution is -2.46. The zero-order valence-electron chi connectivity index (χ0n) is 22.1. The molecule has 4 aromatic rings. The maximum absolute atomic E-state index is 13.4. The first kappa shape index (κ1) is 27.3. The number of halogens is 2. The van der Waals surface area contributed by atoms with Gasteiger partial charge >= 0.3 is 0 Å². The number of aryl methyl sites for hydroxylation is 1. The fourth-order valence-corrected chi connectivity index (χ4v) is 4.84. The fraction of sp³-hybridized carbons (Fsp3) is 0.269. The molecule has 4 heterocycles. The number of fused-ring (bicyclic) bond motifs is 1. The van der Waals surface area contributed by atoms with Gasteiger partial charge in [-0.2, -0.15) is 9.90 Å². The van der Waals surface area contributed by atoms with Crippen molar-refractivity contribution < 1.29 is 9.59 Å². The first-order valence-electron chi connectivity index (χ1n) is 12.4. The number of carbonyl (C=O) groups is 2. The minimum absolute atomic E-state index is 0.261. The molecule has 0 spiro atoms. The largest absolute Gasteiger partial charge is 0.373 e. The van der Waals surface area contributed by atoms with Crippen LogP contribution in [0, 0.1) is 0 Å². The highest BCUT2D eigenvalue weighted by molar-refractivity contribution is 6.33. The number of amides is 2. The predicted molar refractivity (Wildman–Crippen MR) is 151 cm³/mol. The van der Waals surface area contributed by atoms with E-state index in [1.54, 1.807) is 52.3 Å². The maximum atomic E-state index is 13.4. The minimum atomic E-state index is -0.734. The molecule has 1 aliphatic rings. The van der Waals surface area contributed by atoms with Crippen molar-refractivity contribution >= 4 is 52.6 Å². The van der Waals surface area contributed by atoms with Gasteiger partial charge < -0.3 is 20.9 Å². The Balaban J connectivity index is 1.32. The molecule has 0 bridgehead atoms. The Kier molecular flexibility index (Phi) is 7.55. The van der Waals surface area contributed by atoms with E-state index in [1.807, 2.05) is 12.1 Å². The van der Waals surface area contributed by atoms with Crippen molar-refractivity contribution in [2.24, 2.45) is 7.05 Å². The number of aromatic nitrogens is 6. The minimum Gasteiger partial charge on any atom is -0.373 e. The molecule has 206 valence electrons. The second kappa shape index (κ2) is 11.1. The van der Waals surface area contributed by atoms with Gasteiger partial charge in [0, 0.05) is 31.8 Å². The number of nitrogens with zero attached hydrogens (tertiary/aromatic N) is 7. The molecule has 1 aliphatic heterocycles. The smallest absolute Gasteiger partial charge is 0.255 e. The van der Waals surface area contributed by atoms with E-state index in [1.165, 1.54) is 15.9 Å². The van der Waals surface area contributed by atoms with Crippen LogP contribution in [0.4, 0.5) is 17.6 Å². The third kappa shape index (κ3) is 5.40. The molecule has 40 heavy (non-hydrogen) atoms. The van der Waals surface area contributed by atoms with Gasteiger partial charge in [-0.1, -0.05) is 35.3 Å². The van der Waals surface area contributed by atoms with Crippen molar-refractivity contribution in [3.05, 3.63) is 69.6 Å². The zero-order chi connectivity index (χ0) is 28.6. The van der Waals surface area contributed by atoms with Crippen LogP contribution in [-0.2, 0) is 18.4 Å². The molecular formula is C26H26Cl2N10O2. The quantitative estimate of drug-likeness (QED) is 0.282. The van der Waals surface area contributed by atoms with Gasteiger partial charge in [0.25, 0.3) is 5.91 Å². The third-order valence-electron chi connectivity index (χ3n) is 6.54. The summed E-state index contributed by atoms with van der Waals surface area (Å²) in [7, 11) is 3.45. The van der Waals surface area contributed by atoms with Crippen molar-refractivity contribution in [1.82, 2.24) is 40.2 Å². The van der Waals surface area contributed by atoms with Crippen LogP contribution in [0.5, 0.6) is 0 Å². The van der Waals surface area contributed by atoms with Crippen LogP contribution >= 0.6 is 23.2 Å². The Morgan fingerprint density at radius 2 is 1.85 bits per heavy atom. The van der Waals surface area contributed by atoms with E-state index in [0.717, 1.165) is 5.56 Å². The fourth-order valence-electron chi connectivity index (χ4n) is 4.38. The summed E-state index contributed by atoms with van der Waals surface area (Å²) in [5.74, 6) is 0.811. The van der Waals surface area contributed by atoms with E-state index < -0.39 is 12.1 Å². The third-order valence-corrected chi connectivity index (χ3v) is 7.14. The second-order valence-corrected chi connectivity index (χ2v) is 10.1. The van der Waals surface area contributed by atoms with Crippen LogP contribution in [0.15, 0.2) is 42.7 Å². The summed E-state index contributed by atoms with van der Waals surface area (Å²) in [6, 6.07) is 7.69. The lowest BCUT2D eigenvalue weighted by molar-refractivity contribution is -0.125. The molecule has 1 aromatic carbocycles. The highest BCUT2D eigenvalue weighted by atomic mass is 35.5. The molecule has 12 nitrogen and oxygen atoms in total. The Morgan fingerprint density at radius 3 is 2.58 bits per heavy atom. The average Bonchev–Trinajstić information content (AvgIpc) is 3.51. The van der Waals surface area contributed by atoms with Gasteiger partial charge in [0.1, 0.15) is 11.9 Å². The lowest BCUT2D eigenvalue weighted by atomic mass is 10.0. The van der Waals surface area contributed by atoms with E-state index in [2.05, 4.69) is 41.1 Å². The Morgan fingerprint density at radius 1 is 1.05 bits per heavy atom. The van der Waals surface area contributed by atoms with Gasteiger partial charge in [-0.3, -0.25) is 9.59 Å². The maximum Gasteiger partial charge on any atom is 0.255 e. The van der Waals surface area contributed by atoms with Crippen LogP contribution < -0.4 is 16.0 Å². The molecule has 2 atom stereocenters. The number of rotatable bonds is 8. The zero-order valence-corrected chi connectivity index (χ0v) is 23.6. The van der Waals surface area contributed by atoms with Crippen LogP contribution in [0.3, 0.4) is 0 Å². The summed E-state index contributed by atoms with van der Waals surface area (Å²) in [6.07, 6.45) is 3.02. The van der Waals surface area contributed by atoms with Gasteiger partial charge in [0.15, 0.2) is 5.82 Å². The van der Waals surface area contributed by atoms with Crippen molar-refractivity contribution in [2.75, 3.05) is 17.7 Å². The summed E-state index contributed by atoms with van der Waals surface area (Å²) < 4.78 is 0. The topological polar surface area (TPSA) is 143 Å². The van der Waals surface area contributed by atoms with Crippen LogP contribution in [-0.4, -0.2) is 59.7 Å². The number of anilines is 3. The molecule has 2 amide bonds. The van der Waals surface area contributed by atoms with Crippen LogP contribution in [0.2, 0.25) is 10.0 Å². The Bertz CT molecular complexity index is 1610. The lowest BCUT2D eigenvalue weighted by Gasteiger charge is -2.25. The van der Waals surface area contributed by atoms with Gasteiger partial charge in [0.2, 0.25) is 11.9 Å². The molecule has 3 aromatic heterocycles. The normalized spacial score (nSPS) is 14.1. The summed E-state index contributed by atoms with van der Waals surface area (Å²) in [5.41, 5.74) is 2.90. The van der Waals surface area contributed by atoms with Gasteiger partial charge in [-0.25, -0.2) is 15.0 Å². The van der Waals surface area contributed by atoms with Crippen LogP contribution in [0.25, 0.3) is 11.3 Å². The van der Waals surface area contributed by atoms with Gasteiger partial charge in [0.05, 0.1) is 39.9 Å². The second-order valence-electron chi connectivity index (χ2n) is 9.26. The number of hydrogen-bond acceptors (Lipinski definition) is 9. The van der Waals surface area contributed by atoms with E-state index in [0.29, 0.717) is 50.7 Å². The highest BCUT2D eigenvalue weighted by Gasteiger charge is 2.35. The van der Waals surface area contributed by atoms with Crippen LogP contribution in [0.1, 0.15) is 41.5 Å².